The zero-order chi connectivity index (χ0) is 19.6. The van der Waals surface area contributed by atoms with E-state index in [2.05, 4.69) is 10.3 Å². The Bertz CT molecular complexity index is 996. The molecule has 0 saturated carbocycles. The molecule has 3 rings (SSSR count). The maximum absolute atomic E-state index is 13.5. The Morgan fingerprint density at radius 2 is 1.93 bits per heavy atom. The third-order valence-corrected chi connectivity index (χ3v) is 4.26. The molecule has 6 nitrogen and oxygen atoms in total. The summed E-state index contributed by atoms with van der Waals surface area (Å²) in [4.78, 5) is 26.2. The van der Waals surface area contributed by atoms with Gasteiger partial charge in [-0.3, -0.25) is 9.59 Å². The summed E-state index contributed by atoms with van der Waals surface area (Å²) in [5, 5.41) is 3.71. The van der Waals surface area contributed by atoms with Crippen molar-refractivity contribution in [2.45, 2.75) is 19.9 Å². The van der Waals surface area contributed by atoms with Crippen molar-refractivity contribution in [2.75, 3.05) is 6.61 Å². The Morgan fingerprint density at radius 3 is 2.59 bits per heavy atom. The highest BCUT2D eigenvalue weighted by atomic mass is 19.1. The van der Waals surface area contributed by atoms with Gasteiger partial charge in [0.15, 0.2) is 6.61 Å². The minimum Gasteiger partial charge on any atom is -0.484 e. The molecular formula is C20H20FN3O3. The fourth-order valence-corrected chi connectivity index (χ4v) is 2.86. The van der Waals surface area contributed by atoms with Gasteiger partial charge in [0.1, 0.15) is 17.3 Å². The molecule has 2 aromatic carbocycles. The van der Waals surface area contributed by atoms with Gasteiger partial charge in [0.2, 0.25) is 0 Å². The molecule has 1 atom stereocenters. The second kappa shape index (κ2) is 7.49. The number of carbonyl (C=O) groups excluding carboxylic acids is 2. The van der Waals surface area contributed by atoms with Crippen molar-refractivity contribution in [3.63, 3.8) is 0 Å². The number of carbonyl (C=O) groups is 2. The number of fused-ring (bicyclic) bond motifs is 1. The summed E-state index contributed by atoms with van der Waals surface area (Å²) in [7, 11) is 0. The number of ether oxygens (including phenoxy) is 1. The number of aromatic amines is 1. The van der Waals surface area contributed by atoms with Gasteiger partial charge in [0, 0.05) is 10.9 Å². The van der Waals surface area contributed by atoms with E-state index >= 15 is 0 Å². The first kappa shape index (κ1) is 18.4. The van der Waals surface area contributed by atoms with Gasteiger partial charge >= 0.3 is 0 Å². The standard InChI is InChI=1S/C20H20FN3O3/c1-11-7-14(21)8-17-16(11)9-18(24-17)20(26)23-12(2)13-3-5-15(6-4-13)27-10-19(22)25/h3-9,12,24H,10H2,1-2H3,(H2,22,25)(H,23,26). The van der Waals surface area contributed by atoms with Crippen LogP contribution in [0.2, 0.25) is 0 Å². The summed E-state index contributed by atoms with van der Waals surface area (Å²) in [6, 6.07) is 11.3. The van der Waals surface area contributed by atoms with Crippen LogP contribution in [-0.2, 0) is 4.79 Å². The fourth-order valence-electron chi connectivity index (χ4n) is 2.86. The molecule has 1 aromatic heterocycles. The van der Waals surface area contributed by atoms with E-state index in [1.807, 2.05) is 6.92 Å². The Labute approximate surface area is 155 Å². The second-order valence-electron chi connectivity index (χ2n) is 6.39. The van der Waals surface area contributed by atoms with Crippen LogP contribution in [0.15, 0.2) is 42.5 Å². The minimum absolute atomic E-state index is 0.188. The van der Waals surface area contributed by atoms with Crippen molar-refractivity contribution in [1.29, 1.82) is 0 Å². The number of rotatable bonds is 6. The fraction of sp³-hybridized carbons (Fsp3) is 0.200. The lowest BCUT2D eigenvalue weighted by Crippen LogP contribution is -2.26. The summed E-state index contributed by atoms with van der Waals surface area (Å²) >= 11 is 0. The number of halogens is 1. The van der Waals surface area contributed by atoms with Gasteiger partial charge in [-0.25, -0.2) is 4.39 Å². The molecule has 2 amide bonds. The second-order valence-corrected chi connectivity index (χ2v) is 6.39. The lowest BCUT2D eigenvalue weighted by atomic mass is 10.1. The average Bonchev–Trinajstić information content (AvgIpc) is 3.05. The average molecular weight is 369 g/mol. The number of nitrogens with two attached hydrogens (primary N) is 1. The molecule has 0 aliphatic carbocycles. The molecule has 1 unspecified atom stereocenters. The molecule has 0 aliphatic rings. The lowest BCUT2D eigenvalue weighted by Gasteiger charge is -2.14. The van der Waals surface area contributed by atoms with E-state index in [-0.39, 0.29) is 24.4 Å². The number of hydrogen-bond donors (Lipinski definition) is 3. The SMILES string of the molecule is Cc1cc(F)cc2[nH]c(C(=O)NC(C)c3ccc(OCC(N)=O)cc3)cc12. The number of nitrogens with one attached hydrogen (secondary N) is 2. The van der Waals surface area contributed by atoms with E-state index in [1.165, 1.54) is 12.1 Å². The van der Waals surface area contributed by atoms with Gasteiger partial charge in [-0.15, -0.1) is 0 Å². The molecule has 0 saturated heterocycles. The summed E-state index contributed by atoms with van der Waals surface area (Å²) < 4.78 is 18.7. The van der Waals surface area contributed by atoms with Crippen molar-refractivity contribution in [3.8, 4) is 5.75 Å². The quantitative estimate of drug-likeness (QED) is 0.623. The highest BCUT2D eigenvalue weighted by Gasteiger charge is 2.15. The molecule has 140 valence electrons. The highest BCUT2D eigenvalue weighted by Crippen LogP contribution is 2.22. The van der Waals surface area contributed by atoms with Crippen LogP contribution in [0.5, 0.6) is 5.75 Å². The summed E-state index contributed by atoms with van der Waals surface area (Å²) in [6.45, 7) is 3.46. The molecule has 4 N–H and O–H groups in total. The van der Waals surface area contributed by atoms with Crippen molar-refractivity contribution in [1.82, 2.24) is 10.3 Å². The molecule has 0 aliphatic heterocycles. The number of aromatic nitrogens is 1. The first-order valence-corrected chi connectivity index (χ1v) is 8.44. The number of benzene rings is 2. The van der Waals surface area contributed by atoms with Crippen LogP contribution in [-0.4, -0.2) is 23.4 Å². The highest BCUT2D eigenvalue weighted by molar-refractivity contribution is 5.99. The normalized spacial score (nSPS) is 12.0. The maximum atomic E-state index is 13.5. The predicted molar refractivity (Wildman–Crippen MR) is 100 cm³/mol. The topological polar surface area (TPSA) is 97.2 Å². The predicted octanol–water partition coefficient (Wildman–Crippen LogP) is 2.97. The molecule has 0 radical (unpaired) electrons. The molecule has 0 bridgehead atoms. The van der Waals surface area contributed by atoms with E-state index in [9.17, 15) is 14.0 Å². The molecule has 27 heavy (non-hydrogen) atoms. The van der Waals surface area contributed by atoms with Crippen LogP contribution in [0.1, 0.15) is 34.6 Å². The third kappa shape index (κ3) is 4.25. The zero-order valence-electron chi connectivity index (χ0n) is 15.0. The summed E-state index contributed by atoms with van der Waals surface area (Å²) in [5.74, 6) is -0.661. The molecular weight excluding hydrogens is 349 g/mol. The van der Waals surface area contributed by atoms with Gasteiger partial charge in [0.25, 0.3) is 11.8 Å². The summed E-state index contributed by atoms with van der Waals surface area (Å²) in [6.07, 6.45) is 0. The van der Waals surface area contributed by atoms with Crippen LogP contribution >= 0.6 is 0 Å². The van der Waals surface area contributed by atoms with E-state index in [4.69, 9.17) is 10.5 Å². The number of H-pyrrole nitrogens is 1. The molecule has 7 heteroatoms. The maximum Gasteiger partial charge on any atom is 0.268 e. The Morgan fingerprint density at radius 1 is 1.22 bits per heavy atom. The summed E-state index contributed by atoms with van der Waals surface area (Å²) in [5.41, 5.74) is 7.62. The molecule has 0 spiro atoms. The van der Waals surface area contributed by atoms with Gasteiger partial charge in [-0.05, 0) is 55.3 Å². The Hall–Kier alpha value is -3.35. The van der Waals surface area contributed by atoms with Crippen molar-refractivity contribution in [2.24, 2.45) is 5.73 Å². The monoisotopic (exact) mass is 369 g/mol. The number of aryl methyl sites for hydroxylation is 1. The number of hydrogen-bond acceptors (Lipinski definition) is 3. The van der Waals surface area contributed by atoms with E-state index in [0.717, 1.165) is 16.5 Å². The lowest BCUT2D eigenvalue weighted by molar-refractivity contribution is -0.119. The Kier molecular flexibility index (Phi) is 5.12. The van der Waals surface area contributed by atoms with E-state index in [0.29, 0.717) is 17.0 Å². The van der Waals surface area contributed by atoms with Crippen LogP contribution in [0, 0.1) is 12.7 Å². The zero-order valence-corrected chi connectivity index (χ0v) is 15.0. The first-order valence-electron chi connectivity index (χ1n) is 8.44. The van der Waals surface area contributed by atoms with Crippen molar-refractivity contribution in [3.05, 3.63) is 65.1 Å². The first-order chi connectivity index (χ1) is 12.8. The molecule has 3 aromatic rings. The van der Waals surface area contributed by atoms with E-state index < -0.39 is 5.91 Å². The molecule has 1 heterocycles. The minimum atomic E-state index is -0.548. The number of primary amides is 1. The van der Waals surface area contributed by atoms with Gasteiger partial charge in [-0.2, -0.15) is 0 Å². The molecule has 0 fully saturated rings. The van der Waals surface area contributed by atoms with Gasteiger partial charge in [-0.1, -0.05) is 12.1 Å². The van der Waals surface area contributed by atoms with Crippen LogP contribution in [0.4, 0.5) is 4.39 Å². The van der Waals surface area contributed by atoms with Crippen LogP contribution in [0.3, 0.4) is 0 Å². The van der Waals surface area contributed by atoms with Gasteiger partial charge < -0.3 is 20.8 Å². The van der Waals surface area contributed by atoms with Crippen LogP contribution in [0.25, 0.3) is 10.9 Å². The van der Waals surface area contributed by atoms with Crippen molar-refractivity contribution >= 4 is 22.7 Å². The van der Waals surface area contributed by atoms with Crippen molar-refractivity contribution < 1.29 is 18.7 Å². The largest absolute Gasteiger partial charge is 0.484 e. The van der Waals surface area contributed by atoms with Gasteiger partial charge in [0.05, 0.1) is 6.04 Å². The van der Waals surface area contributed by atoms with E-state index in [1.54, 1.807) is 37.3 Å². The van der Waals surface area contributed by atoms with Crippen LogP contribution < -0.4 is 15.8 Å². The Balaban J connectivity index is 1.70. The third-order valence-electron chi connectivity index (χ3n) is 4.26. The number of amides is 2. The smallest absolute Gasteiger partial charge is 0.268 e.